The predicted octanol–water partition coefficient (Wildman–Crippen LogP) is 3.01. The number of alkyl halides is 5. The summed E-state index contributed by atoms with van der Waals surface area (Å²) in [6, 6.07) is -2.11. The Hall–Kier alpha value is -0.0800. The standard InChI is InChI=1S/C10H16F5NOS/c1-8(2,3)18(17)16-7(6-4-5-6)9(11,12)10(13,14)15/h6-7,16H,4-5H2,1-3H3/t7?,18-/m0/s1. The van der Waals surface area contributed by atoms with Crippen LogP contribution in [-0.4, -0.2) is 27.4 Å². The molecule has 0 saturated heterocycles. The zero-order valence-electron chi connectivity index (χ0n) is 10.3. The fourth-order valence-corrected chi connectivity index (χ4v) is 2.29. The van der Waals surface area contributed by atoms with E-state index < -0.39 is 40.2 Å². The number of hydrogen-bond donors (Lipinski definition) is 1. The molecule has 1 N–H and O–H groups in total. The van der Waals surface area contributed by atoms with E-state index in [9.17, 15) is 26.5 Å². The number of halogens is 5. The average molecular weight is 293 g/mol. The minimum Gasteiger partial charge on any atom is -0.598 e. The molecular weight excluding hydrogens is 277 g/mol. The quantitative estimate of drug-likeness (QED) is 0.639. The molecule has 1 saturated carbocycles. The zero-order valence-corrected chi connectivity index (χ0v) is 11.1. The maximum Gasteiger partial charge on any atom is 0.455 e. The van der Waals surface area contributed by atoms with Crippen LogP contribution in [0.1, 0.15) is 33.6 Å². The van der Waals surface area contributed by atoms with E-state index in [0.29, 0.717) is 12.8 Å². The van der Waals surface area contributed by atoms with Gasteiger partial charge in [0.1, 0.15) is 10.8 Å². The minimum absolute atomic E-state index is 0.296. The maximum absolute atomic E-state index is 13.3. The van der Waals surface area contributed by atoms with Gasteiger partial charge < -0.3 is 4.55 Å². The average Bonchev–Trinajstić information content (AvgIpc) is 2.92. The first-order valence-electron chi connectivity index (χ1n) is 5.50. The van der Waals surface area contributed by atoms with Gasteiger partial charge in [-0.1, -0.05) is 0 Å². The summed E-state index contributed by atoms with van der Waals surface area (Å²) in [6.45, 7) is 4.52. The molecule has 1 aliphatic carbocycles. The number of hydrogen-bond acceptors (Lipinski definition) is 2. The van der Waals surface area contributed by atoms with Crippen LogP contribution in [0.5, 0.6) is 0 Å². The Morgan fingerprint density at radius 3 is 1.83 bits per heavy atom. The zero-order chi connectivity index (χ0) is 14.4. The molecule has 108 valence electrons. The van der Waals surface area contributed by atoms with E-state index in [0.717, 1.165) is 0 Å². The fraction of sp³-hybridized carbons (Fsp3) is 1.00. The van der Waals surface area contributed by atoms with E-state index in [1.54, 1.807) is 0 Å². The van der Waals surface area contributed by atoms with Crippen LogP contribution in [0.15, 0.2) is 0 Å². The van der Waals surface area contributed by atoms with Crippen LogP contribution in [0.4, 0.5) is 22.0 Å². The summed E-state index contributed by atoms with van der Waals surface area (Å²) in [5.41, 5.74) is 0. The molecule has 1 aliphatic rings. The van der Waals surface area contributed by atoms with E-state index in [4.69, 9.17) is 0 Å². The van der Waals surface area contributed by atoms with Crippen LogP contribution in [0.25, 0.3) is 0 Å². The second kappa shape index (κ2) is 4.79. The molecule has 0 aromatic rings. The molecule has 0 aliphatic heterocycles. The Morgan fingerprint density at radius 2 is 1.56 bits per heavy atom. The number of nitrogens with one attached hydrogen (secondary N) is 1. The first-order valence-corrected chi connectivity index (χ1v) is 6.65. The van der Waals surface area contributed by atoms with Crippen LogP contribution in [0.2, 0.25) is 0 Å². The molecule has 2 nitrogen and oxygen atoms in total. The second-order valence-electron chi connectivity index (χ2n) is 5.43. The van der Waals surface area contributed by atoms with Gasteiger partial charge in [0.25, 0.3) is 0 Å². The Morgan fingerprint density at radius 1 is 1.11 bits per heavy atom. The lowest BCUT2D eigenvalue weighted by Crippen LogP contribution is -2.58. The third kappa shape index (κ3) is 3.48. The smallest absolute Gasteiger partial charge is 0.455 e. The van der Waals surface area contributed by atoms with E-state index >= 15 is 0 Å². The molecule has 0 amide bonds. The molecule has 2 atom stereocenters. The number of rotatable bonds is 4. The largest absolute Gasteiger partial charge is 0.598 e. The molecule has 8 heteroatoms. The third-order valence-electron chi connectivity index (χ3n) is 2.65. The van der Waals surface area contributed by atoms with E-state index in [2.05, 4.69) is 0 Å². The van der Waals surface area contributed by atoms with Crippen LogP contribution >= 0.6 is 0 Å². The lowest BCUT2D eigenvalue weighted by molar-refractivity contribution is -0.293. The summed E-state index contributed by atoms with van der Waals surface area (Å²) in [5.74, 6) is -5.64. The van der Waals surface area contributed by atoms with Gasteiger partial charge in [0.05, 0.1) is 0 Å². The monoisotopic (exact) mass is 293 g/mol. The Balaban J connectivity index is 2.85. The molecule has 0 bridgehead atoms. The first-order chi connectivity index (χ1) is 7.87. The van der Waals surface area contributed by atoms with Crippen molar-refractivity contribution in [3.05, 3.63) is 0 Å². The van der Waals surface area contributed by atoms with Gasteiger partial charge in [-0.15, -0.1) is 4.72 Å². The van der Waals surface area contributed by atoms with Crippen LogP contribution in [-0.2, 0) is 11.4 Å². The predicted molar refractivity (Wildman–Crippen MR) is 58.5 cm³/mol. The summed E-state index contributed by atoms with van der Waals surface area (Å²) < 4.78 is 76.4. The molecule has 1 rings (SSSR count). The highest BCUT2D eigenvalue weighted by Gasteiger charge is 2.66. The van der Waals surface area contributed by atoms with Crippen LogP contribution in [0.3, 0.4) is 0 Å². The Labute approximate surface area is 106 Å². The van der Waals surface area contributed by atoms with Crippen molar-refractivity contribution in [1.29, 1.82) is 0 Å². The van der Waals surface area contributed by atoms with Gasteiger partial charge in [0, 0.05) is 11.4 Å². The Bertz CT molecular complexity index is 298. The van der Waals surface area contributed by atoms with Crippen molar-refractivity contribution in [3.8, 4) is 0 Å². The summed E-state index contributed by atoms with van der Waals surface area (Å²) in [4.78, 5) is 0. The molecule has 0 spiro atoms. The Kier molecular flexibility index (Phi) is 4.25. The minimum atomic E-state index is -5.63. The highest BCUT2D eigenvalue weighted by Crippen LogP contribution is 2.47. The summed E-state index contributed by atoms with van der Waals surface area (Å²) in [7, 11) is 0. The van der Waals surface area contributed by atoms with Gasteiger partial charge in [-0.25, -0.2) is 0 Å². The summed E-state index contributed by atoms with van der Waals surface area (Å²) in [5, 5.41) is 0. The maximum atomic E-state index is 13.3. The molecule has 0 radical (unpaired) electrons. The summed E-state index contributed by atoms with van der Waals surface area (Å²) in [6.07, 6.45) is -5.04. The molecule has 0 aromatic heterocycles. The van der Waals surface area contributed by atoms with Gasteiger partial charge in [-0.2, -0.15) is 22.0 Å². The topological polar surface area (TPSA) is 35.1 Å². The molecule has 1 unspecified atom stereocenters. The van der Waals surface area contributed by atoms with Gasteiger partial charge in [0.2, 0.25) is 0 Å². The van der Waals surface area contributed by atoms with E-state index in [-0.39, 0.29) is 0 Å². The normalized spacial score (nSPS) is 21.8. The second-order valence-corrected chi connectivity index (χ2v) is 7.43. The van der Waals surface area contributed by atoms with Gasteiger partial charge in [0.15, 0.2) is 0 Å². The lowest BCUT2D eigenvalue weighted by atomic mass is 10.1. The van der Waals surface area contributed by atoms with E-state index in [1.807, 2.05) is 4.72 Å². The molecule has 1 fully saturated rings. The lowest BCUT2D eigenvalue weighted by Gasteiger charge is -2.32. The molecule has 0 aromatic carbocycles. The van der Waals surface area contributed by atoms with Gasteiger partial charge in [-0.05, 0) is 39.5 Å². The third-order valence-corrected chi connectivity index (χ3v) is 4.23. The molecule has 18 heavy (non-hydrogen) atoms. The van der Waals surface area contributed by atoms with Crippen molar-refractivity contribution in [2.24, 2.45) is 5.92 Å². The molecule has 0 heterocycles. The summed E-state index contributed by atoms with van der Waals surface area (Å²) >= 11 is -1.96. The van der Waals surface area contributed by atoms with Crippen LogP contribution in [0, 0.1) is 5.92 Å². The van der Waals surface area contributed by atoms with Crippen molar-refractivity contribution in [3.63, 3.8) is 0 Å². The van der Waals surface area contributed by atoms with Crippen molar-refractivity contribution in [2.45, 2.75) is 56.5 Å². The van der Waals surface area contributed by atoms with E-state index in [1.165, 1.54) is 20.8 Å². The van der Waals surface area contributed by atoms with Crippen molar-refractivity contribution in [2.75, 3.05) is 0 Å². The fourth-order valence-electron chi connectivity index (χ4n) is 1.36. The van der Waals surface area contributed by atoms with Crippen molar-refractivity contribution < 1.29 is 26.5 Å². The van der Waals surface area contributed by atoms with Crippen molar-refractivity contribution in [1.82, 2.24) is 4.72 Å². The van der Waals surface area contributed by atoms with Crippen LogP contribution < -0.4 is 4.72 Å². The highest BCUT2D eigenvalue weighted by molar-refractivity contribution is 7.90. The van der Waals surface area contributed by atoms with Gasteiger partial charge in [-0.3, -0.25) is 0 Å². The SMILES string of the molecule is CC(C)(C)[S@+]([O-])NC(C1CC1)C(F)(F)C(F)(F)F. The highest BCUT2D eigenvalue weighted by atomic mass is 32.2. The molecular formula is C10H16F5NOS. The van der Waals surface area contributed by atoms with Gasteiger partial charge >= 0.3 is 12.1 Å². The van der Waals surface area contributed by atoms with Crippen molar-refractivity contribution >= 4 is 11.4 Å². The first kappa shape index (κ1) is 16.0.